The van der Waals surface area contributed by atoms with E-state index in [2.05, 4.69) is 23.4 Å². The van der Waals surface area contributed by atoms with Gasteiger partial charge in [0.15, 0.2) is 0 Å². The van der Waals surface area contributed by atoms with E-state index < -0.39 is 0 Å². The Morgan fingerprint density at radius 2 is 1.87 bits per heavy atom. The minimum atomic E-state index is -0.229. The molecule has 1 aromatic heterocycles. The molecule has 6 nitrogen and oxygen atoms in total. The second-order valence-corrected chi connectivity index (χ2v) is 7.85. The van der Waals surface area contributed by atoms with Crippen LogP contribution < -0.4 is 5.32 Å². The molecule has 6 heteroatoms. The van der Waals surface area contributed by atoms with Crippen LogP contribution in [-0.4, -0.2) is 28.3 Å². The molecule has 1 amide bonds. The molecule has 0 aliphatic heterocycles. The molecule has 31 heavy (non-hydrogen) atoms. The number of unbranched alkanes of at least 4 members (excludes halogenated alkanes) is 4. The van der Waals surface area contributed by atoms with Crippen molar-refractivity contribution in [2.45, 2.75) is 58.8 Å². The van der Waals surface area contributed by atoms with Gasteiger partial charge in [-0.25, -0.2) is 4.68 Å². The lowest BCUT2D eigenvalue weighted by Crippen LogP contribution is -2.16. The third kappa shape index (κ3) is 6.67. The molecule has 3 aromatic rings. The molecule has 0 bridgehead atoms. The molecule has 1 N–H and O–H groups in total. The number of amides is 1. The van der Waals surface area contributed by atoms with Crippen LogP contribution >= 0.6 is 0 Å². The van der Waals surface area contributed by atoms with Gasteiger partial charge in [-0.05, 0) is 49.2 Å². The van der Waals surface area contributed by atoms with E-state index in [0.29, 0.717) is 12.1 Å². The quantitative estimate of drug-likeness (QED) is 0.325. The van der Waals surface area contributed by atoms with Gasteiger partial charge in [0, 0.05) is 17.5 Å². The van der Waals surface area contributed by atoms with Crippen LogP contribution in [0.5, 0.6) is 0 Å². The van der Waals surface area contributed by atoms with E-state index >= 15 is 0 Å². The number of nitrogens with zero attached hydrogens (tertiary/aromatic N) is 2. The average molecular weight is 422 g/mol. The largest absolute Gasteiger partial charge is 0.465 e. The number of carbonyl (C=O) groups excluding carboxylic acids is 2. The Kier molecular flexibility index (Phi) is 8.21. The molecule has 3 rings (SSSR count). The van der Waals surface area contributed by atoms with Crippen LogP contribution in [-0.2, 0) is 14.3 Å². The van der Waals surface area contributed by atoms with Crippen LogP contribution in [0.25, 0.3) is 16.6 Å². The summed E-state index contributed by atoms with van der Waals surface area (Å²) >= 11 is 0. The number of benzene rings is 2. The van der Waals surface area contributed by atoms with Gasteiger partial charge in [0.2, 0.25) is 5.91 Å². The Bertz CT molecular complexity index is 1030. The van der Waals surface area contributed by atoms with Crippen molar-refractivity contribution in [1.82, 2.24) is 9.78 Å². The highest BCUT2D eigenvalue weighted by atomic mass is 16.5. The molecule has 0 aliphatic rings. The maximum atomic E-state index is 12.3. The summed E-state index contributed by atoms with van der Waals surface area (Å²) in [6.07, 6.45) is 7.80. The predicted molar refractivity (Wildman–Crippen MR) is 123 cm³/mol. The summed E-state index contributed by atoms with van der Waals surface area (Å²) in [4.78, 5) is 24.0. The van der Waals surface area contributed by atoms with E-state index in [1.165, 1.54) is 12.8 Å². The summed E-state index contributed by atoms with van der Waals surface area (Å²) in [6, 6.07) is 13.8. The second kappa shape index (κ2) is 11.3. The number of hydrogen-bond donors (Lipinski definition) is 1. The minimum absolute atomic E-state index is 0.100. The number of aryl methyl sites for hydroxylation is 1. The number of ether oxygens (including phenoxy) is 1. The highest BCUT2D eigenvalue weighted by Gasteiger charge is 2.09. The average Bonchev–Trinajstić information content (AvgIpc) is 3.17. The van der Waals surface area contributed by atoms with Crippen molar-refractivity contribution in [2.75, 3.05) is 11.9 Å². The standard InChI is InChI=1S/C25H31N3O3/c1-3-4-5-6-7-11-25(30)31-15-14-24(29)27-21-13-12-20-18-26-28(23(20)17-21)22-10-8-9-19(2)16-22/h8-10,12-13,16-18H,3-7,11,14-15H2,1-2H3,(H,27,29). The first kappa shape index (κ1) is 22.5. The monoisotopic (exact) mass is 421 g/mol. The van der Waals surface area contributed by atoms with Crippen LogP contribution in [0.15, 0.2) is 48.7 Å². The van der Waals surface area contributed by atoms with Crippen LogP contribution in [0.1, 0.15) is 57.4 Å². The van der Waals surface area contributed by atoms with Gasteiger partial charge in [0.25, 0.3) is 0 Å². The molecular weight excluding hydrogens is 390 g/mol. The summed E-state index contributed by atoms with van der Waals surface area (Å²) in [6.45, 7) is 4.30. The number of nitrogens with one attached hydrogen (secondary N) is 1. The SMILES string of the molecule is CCCCCCCC(=O)OCCC(=O)Nc1ccc2cnn(-c3cccc(C)c3)c2c1. The first-order valence-corrected chi connectivity index (χ1v) is 11.1. The number of rotatable bonds is 11. The zero-order valence-corrected chi connectivity index (χ0v) is 18.4. The van der Waals surface area contributed by atoms with Crippen molar-refractivity contribution < 1.29 is 14.3 Å². The Labute approximate surface area is 183 Å². The summed E-state index contributed by atoms with van der Waals surface area (Å²) in [5, 5.41) is 8.36. The number of aromatic nitrogens is 2. The lowest BCUT2D eigenvalue weighted by Gasteiger charge is -2.08. The molecule has 164 valence electrons. The summed E-state index contributed by atoms with van der Waals surface area (Å²) in [5.74, 6) is -0.413. The Morgan fingerprint density at radius 3 is 2.68 bits per heavy atom. The molecule has 0 radical (unpaired) electrons. The van der Waals surface area contributed by atoms with Crippen molar-refractivity contribution in [1.29, 1.82) is 0 Å². The van der Waals surface area contributed by atoms with Crippen molar-refractivity contribution >= 4 is 28.5 Å². The first-order chi connectivity index (χ1) is 15.1. The molecule has 0 fully saturated rings. The highest BCUT2D eigenvalue weighted by molar-refractivity contribution is 5.94. The van der Waals surface area contributed by atoms with E-state index in [1.54, 1.807) is 0 Å². The smallest absolute Gasteiger partial charge is 0.305 e. The van der Waals surface area contributed by atoms with E-state index in [9.17, 15) is 9.59 Å². The molecule has 1 heterocycles. The van der Waals surface area contributed by atoms with Crippen LogP contribution in [0.2, 0.25) is 0 Å². The van der Waals surface area contributed by atoms with E-state index in [4.69, 9.17) is 4.74 Å². The lowest BCUT2D eigenvalue weighted by molar-refractivity contribution is -0.144. The first-order valence-electron chi connectivity index (χ1n) is 11.1. The van der Waals surface area contributed by atoms with Crippen molar-refractivity contribution in [2.24, 2.45) is 0 Å². The number of fused-ring (bicyclic) bond motifs is 1. The molecule has 0 aliphatic carbocycles. The molecule has 0 atom stereocenters. The van der Waals surface area contributed by atoms with Crippen molar-refractivity contribution in [3.8, 4) is 5.69 Å². The van der Waals surface area contributed by atoms with Crippen LogP contribution in [0.4, 0.5) is 5.69 Å². The zero-order valence-electron chi connectivity index (χ0n) is 18.4. The molecule has 0 unspecified atom stereocenters. The Balaban J connectivity index is 1.50. The molecule has 0 saturated heterocycles. The predicted octanol–water partition coefficient (Wildman–Crippen LogP) is 5.57. The number of esters is 1. The third-order valence-corrected chi connectivity index (χ3v) is 5.18. The molecular formula is C25H31N3O3. The highest BCUT2D eigenvalue weighted by Crippen LogP contribution is 2.22. The Hall–Kier alpha value is -3.15. The van der Waals surface area contributed by atoms with Gasteiger partial charge in [-0.1, -0.05) is 44.7 Å². The van der Waals surface area contributed by atoms with Gasteiger partial charge < -0.3 is 10.1 Å². The zero-order chi connectivity index (χ0) is 22.1. The molecule has 0 spiro atoms. The van der Waals surface area contributed by atoms with Gasteiger partial charge in [0.05, 0.1) is 23.8 Å². The molecule has 2 aromatic carbocycles. The van der Waals surface area contributed by atoms with E-state index in [-0.39, 0.29) is 24.9 Å². The van der Waals surface area contributed by atoms with Crippen molar-refractivity contribution in [3.05, 3.63) is 54.2 Å². The van der Waals surface area contributed by atoms with Gasteiger partial charge in [-0.15, -0.1) is 0 Å². The normalized spacial score (nSPS) is 10.9. The number of carbonyl (C=O) groups is 2. The van der Waals surface area contributed by atoms with E-state index in [1.807, 2.05) is 54.2 Å². The fourth-order valence-corrected chi connectivity index (χ4v) is 3.49. The van der Waals surface area contributed by atoms with Crippen LogP contribution in [0, 0.1) is 6.92 Å². The minimum Gasteiger partial charge on any atom is -0.465 e. The summed E-state index contributed by atoms with van der Waals surface area (Å²) < 4.78 is 7.05. The van der Waals surface area contributed by atoms with Crippen molar-refractivity contribution in [3.63, 3.8) is 0 Å². The van der Waals surface area contributed by atoms with Gasteiger partial charge >= 0.3 is 5.97 Å². The fraction of sp³-hybridized carbons (Fsp3) is 0.400. The van der Waals surface area contributed by atoms with Crippen LogP contribution in [0.3, 0.4) is 0 Å². The lowest BCUT2D eigenvalue weighted by atomic mass is 10.1. The molecule has 0 saturated carbocycles. The number of hydrogen-bond acceptors (Lipinski definition) is 4. The fourth-order valence-electron chi connectivity index (χ4n) is 3.49. The second-order valence-electron chi connectivity index (χ2n) is 7.85. The third-order valence-electron chi connectivity index (χ3n) is 5.18. The van der Waals surface area contributed by atoms with Gasteiger partial charge in [-0.2, -0.15) is 5.10 Å². The maximum Gasteiger partial charge on any atom is 0.305 e. The summed E-state index contributed by atoms with van der Waals surface area (Å²) in [7, 11) is 0. The van der Waals surface area contributed by atoms with Gasteiger partial charge in [-0.3, -0.25) is 9.59 Å². The topological polar surface area (TPSA) is 73.2 Å². The summed E-state index contributed by atoms with van der Waals surface area (Å²) in [5.41, 5.74) is 3.73. The van der Waals surface area contributed by atoms with E-state index in [0.717, 1.165) is 41.4 Å². The maximum absolute atomic E-state index is 12.3. The number of anilines is 1. The van der Waals surface area contributed by atoms with Gasteiger partial charge in [0.1, 0.15) is 6.61 Å². The Morgan fingerprint density at radius 1 is 1.03 bits per heavy atom.